The molecule has 0 atom stereocenters. The summed E-state index contributed by atoms with van der Waals surface area (Å²) in [5, 5.41) is 9.16. The van der Waals surface area contributed by atoms with E-state index in [1.165, 1.54) is 6.07 Å². The number of nitrogen functional groups attached to an aromatic ring is 1. The van der Waals surface area contributed by atoms with Crippen LogP contribution in [0, 0.1) is 0 Å². The van der Waals surface area contributed by atoms with Crippen LogP contribution in [-0.2, 0) is 6.61 Å². The van der Waals surface area contributed by atoms with E-state index in [-0.39, 0.29) is 23.6 Å². The predicted molar refractivity (Wildman–Crippen MR) is 82.8 cm³/mol. The van der Waals surface area contributed by atoms with Gasteiger partial charge in [0.15, 0.2) is 5.75 Å². The average molecular weight is 352 g/mol. The maximum atomic E-state index is 11.2. The number of aromatic carboxylic acids is 1. The molecule has 110 valence electrons. The van der Waals surface area contributed by atoms with Crippen LogP contribution in [0.3, 0.4) is 0 Å². The number of carboxylic acids is 1. The van der Waals surface area contributed by atoms with Crippen LogP contribution in [0.5, 0.6) is 11.5 Å². The number of carboxylic acid groups (broad SMARTS) is 1. The minimum absolute atomic E-state index is 0.0361. The topological polar surface area (TPSA) is 81.8 Å². The fourth-order valence-corrected chi connectivity index (χ4v) is 2.18. The molecule has 6 heteroatoms. The van der Waals surface area contributed by atoms with Gasteiger partial charge >= 0.3 is 5.97 Å². The predicted octanol–water partition coefficient (Wildman–Crippen LogP) is 3.32. The molecule has 0 amide bonds. The molecule has 0 aromatic heterocycles. The largest absolute Gasteiger partial charge is 0.497 e. The number of rotatable bonds is 5. The highest BCUT2D eigenvalue weighted by molar-refractivity contribution is 9.10. The van der Waals surface area contributed by atoms with Crippen molar-refractivity contribution in [3.05, 3.63) is 52.0 Å². The first-order valence-electron chi connectivity index (χ1n) is 6.10. The number of hydrogen-bond donors (Lipinski definition) is 2. The summed E-state index contributed by atoms with van der Waals surface area (Å²) in [7, 11) is 1.57. The molecular weight excluding hydrogens is 338 g/mol. The van der Waals surface area contributed by atoms with Crippen molar-refractivity contribution < 1.29 is 19.4 Å². The van der Waals surface area contributed by atoms with Gasteiger partial charge in [-0.25, -0.2) is 4.79 Å². The van der Waals surface area contributed by atoms with Crippen molar-refractivity contribution in [2.75, 3.05) is 12.8 Å². The Kier molecular flexibility index (Phi) is 4.70. The van der Waals surface area contributed by atoms with Crippen molar-refractivity contribution in [2.45, 2.75) is 6.61 Å². The van der Waals surface area contributed by atoms with Gasteiger partial charge in [0.25, 0.3) is 0 Å². The first-order valence-corrected chi connectivity index (χ1v) is 6.89. The summed E-state index contributed by atoms with van der Waals surface area (Å²) in [6, 6.07) is 10.1. The molecule has 21 heavy (non-hydrogen) atoms. The second kappa shape index (κ2) is 6.49. The standard InChI is InChI=1S/C15H14BrNO4/c1-20-10-5-6-12(16)9(7-10)8-21-14-11(15(18)19)3-2-4-13(14)17/h2-7H,8,17H2,1H3,(H,18,19). The summed E-state index contributed by atoms with van der Waals surface area (Å²) in [5.41, 5.74) is 6.94. The number of carbonyl (C=O) groups is 1. The zero-order chi connectivity index (χ0) is 15.4. The van der Waals surface area contributed by atoms with Gasteiger partial charge in [0.2, 0.25) is 0 Å². The van der Waals surface area contributed by atoms with Crippen molar-refractivity contribution >= 4 is 27.6 Å². The Morgan fingerprint density at radius 3 is 2.76 bits per heavy atom. The van der Waals surface area contributed by atoms with E-state index in [0.29, 0.717) is 5.75 Å². The Morgan fingerprint density at radius 1 is 1.33 bits per heavy atom. The second-order valence-corrected chi connectivity index (χ2v) is 5.13. The van der Waals surface area contributed by atoms with Gasteiger partial charge in [-0.3, -0.25) is 0 Å². The third-order valence-electron chi connectivity index (χ3n) is 2.90. The van der Waals surface area contributed by atoms with Gasteiger partial charge in [-0.2, -0.15) is 0 Å². The van der Waals surface area contributed by atoms with Crippen molar-refractivity contribution in [1.29, 1.82) is 0 Å². The van der Waals surface area contributed by atoms with Gasteiger partial charge in [0.1, 0.15) is 17.9 Å². The minimum Gasteiger partial charge on any atom is -0.497 e. The van der Waals surface area contributed by atoms with E-state index in [1.54, 1.807) is 19.2 Å². The summed E-state index contributed by atoms with van der Waals surface area (Å²) in [5.74, 6) is -0.224. The third-order valence-corrected chi connectivity index (χ3v) is 3.67. The summed E-state index contributed by atoms with van der Waals surface area (Å²) in [4.78, 5) is 11.2. The molecule has 0 aliphatic heterocycles. The van der Waals surface area contributed by atoms with Crippen LogP contribution in [-0.4, -0.2) is 18.2 Å². The van der Waals surface area contributed by atoms with Crippen molar-refractivity contribution in [2.24, 2.45) is 0 Å². The van der Waals surface area contributed by atoms with E-state index in [4.69, 9.17) is 20.3 Å². The van der Waals surface area contributed by atoms with Crippen LogP contribution in [0.1, 0.15) is 15.9 Å². The molecule has 0 saturated carbocycles. The second-order valence-electron chi connectivity index (χ2n) is 4.28. The Hall–Kier alpha value is -2.21. The molecule has 2 aromatic carbocycles. The van der Waals surface area contributed by atoms with Crippen molar-refractivity contribution in [3.8, 4) is 11.5 Å². The monoisotopic (exact) mass is 351 g/mol. The quantitative estimate of drug-likeness (QED) is 0.807. The smallest absolute Gasteiger partial charge is 0.339 e. The van der Waals surface area contributed by atoms with E-state index in [0.717, 1.165) is 10.0 Å². The maximum absolute atomic E-state index is 11.2. The van der Waals surface area contributed by atoms with Gasteiger partial charge in [0, 0.05) is 10.0 Å². The lowest BCUT2D eigenvalue weighted by atomic mass is 10.1. The van der Waals surface area contributed by atoms with Gasteiger partial charge in [0.05, 0.1) is 12.8 Å². The van der Waals surface area contributed by atoms with Crippen LogP contribution >= 0.6 is 15.9 Å². The molecule has 5 nitrogen and oxygen atoms in total. The fourth-order valence-electron chi connectivity index (χ4n) is 1.82. The van der Waals surface area contributed by atoms with Crippen LogP contribution < -0.4 is 15.2 Å². The lowest BCUT2D eigenvalue weighted by Gasteiger charge is -2.13. The third kappa shape index (κ3) is 3.46. The highest BCUT2D eigenvalue weighted by atomic mass is 79.9. The molecule has 3 N–H and O–H groups in total. The first kappa shape index (κ1) is 15.2. The molecule has 0 aliphatic rings. The van der Waals surface area contributed by atoms with E-state index in [9.17, 15) is 4.79 Å². The van der Waals surface area contributed by atoms with Gasteiger partial charge in [-0.1, -0.05) is 22.0 Å². The lowest BCUT2D eigenvalue weighted by molar-refractivity contribution is 0.0692. The minimum atomic E-state index is -1.08. The highest BCUT2D eigenvalue weighted by Gasteiger charge is 2.14. The summed E-state index contributed by atoms with van der Waals surface area (Å²) >= 11 is 3.42. The molecule has 0 radical (unpaired) electrons. The Balaban J connectivity index is 2.26. The lowest BCUT2D eigenvalue weighted by Crippen LogP contribution is -2.06. The van der Waals surface area contributed by atoms with Crippen LogP contribution in [0.4, 0.5) is 5.69 Å². The Bertz CT molecular complexity index is 673. The Morgan fingerprint density at radius 2 is 2.10 bits per heavy atom. The molecule has 2 aromatic rings. The highest BCUT2D eigenvalue weighted by Crippen LogP contribution is 2.29. The fraction of sp³-hybridized carbons (Fsp3) is 0.133. The molecule has 0 saturated heterocycles. The number of ether oxygens (including phenoxy) is 2. The zero-order valence-corrected chi connectivity index (χ0v) is 12.9. The molecule has 0 spiro atoms. The Labute approximate surface area is 130 Å². The van der Waals surface area contributed by atoms with E-state index < -0.39 is 5.97 Å². The molecule has 2 rings (SSSR count). The van der Waals surface area contributed by atoms with E-state index >= 15 is 0 Å². The molecule has 0 bridgehead atoms. The number of hydrogen-bond acceptors (Lipinski definition) is 4. The maximum Gasteiger partial charge on any atom is 0.339 e. The molecule has 0 aliphatic carbocycles. The summed E-state index contributed by atoms with van der Waals surface area (Å²) in [6.45, 7) is 0.173. The number of benzene rings is 2. The van der Waals surface area contributed by atoms with Crippen molar-refractivity contribution in [3.63, 3.8) is 0 Å². The average Bonchev–Trinajstić information content (AvgIpc) is 2.47. The molecule has 0 unspecified atom stereocenters. The first-order chi connectivity index (χ1) is 10.0. The molecule has 0 fully saturated rings. The molecule has 0 heterocycles. The number of nitrogens with two attached hydrogens (primary N) is 1. The van der Waals surface area contributed by atoms with E-state index in [1.807, 2.05) is 18.2 Å². The number of halogens is 1. The van der Waals surface area contributed by atoms with E-state index in [2.05, 4.69) is 15.9 Å². The number of anilines is 1. The van der Waals surface area contributed by atoms with Crippen molar-refractivity contribution in [1.82, 2.24) is 0 Å². The SMILES string of the molecule is COc1ccc(Br)c(COc2c(N)cccc2C(=O)O)c1. The summed E-state index contributed by atoms with van der Waals surface area (Å²) in [6.07, 6.45) is 0. The van der Waals surface area contributed by atoms with Crippen LogP contribution in [0.25, 0.3) is 0 Å². The number of methoxy groups -OCH3 is 1. The van der Waals surface area contributed by atoms with Crippen LogP contribution in [0.2, 0.25) is 0 Å². The van der Waals surface area contributed by atoms with Gasteiger partial charge in [-0.15, -0.1) is 0 Å². The number of para-hydroxylation sites is 1. The summed E-state index contributed by atoms with van der Waals surface area (Å²) < 4.78 is 11.6. The zero-order valence-electron chi connectivity index (χ0n) is 11.3. The van der Waals surface area contributed by atoms with Gasteiger partial charge < -0.3 is 20.3 Å². The molecular formula is C15H14BrNO4. The van der Waals surface area contributed by atoms with Crippen LogP contribution in [0.15, 0.2) is 40.9 Å². The normalized spacial score (nSPS) is 10.2. The van der Waals surface area contributed by atoms with Gasteiger partial charge in [-0.05, 0) is 30.3 Å².